The van der Waals surface area contributed by atoms with Gasteiger partial charge in [-0.2, -0.15) is 0 Å². The van der Waals surface area contributed by atoms with E-state index in [0.717, 1.165) is 32.1 Å². The van der Waals surface area contributed by atoms with Crippen LogP contribution in [-0.4, -0.2) is 38.8 Å². The van der Waals surface area contributed by atoms with Crippen LogP contribution in [0.15, 0.2) is 54.2 Å². The van der Waals surface area contributed by atoms with Gasteiger partial charge in [0, 0.05) is 17.8 Å². The lowest BCUT2D eigenvalue weighted by Crippen LogP contribution is -2.40. The lowest BCUT2D eigenvalue weighted by Gasteiger charge is -2.35. The second kappa shape index (κ2) is 8.92. The van der Waals surface area contributed by atoms with Gasteiger partial charge in [-0.3, -0.25) is 14.6 Å². The highest BCUT2D eigenvalue weighted by atomic mass is 16.5. The van der Waals surface area contributed by atoms with Crippen molar-refractivity contribution in [3.8, 4) is 5.75 Å². The van der Waals surface area contributed by atoms with E-state index in [4.69, 9.17) is 4.74 Å². The molecule has 1 unspecified atom stereocenters. The Morgan fingerprint density at radius 1 is 1.06 bits per heavy atom. The molecule has 1 saturated heterocycles. The van der Waals surface area contributed by atoms with Gasteiger partial charge < -0.3 is 14.7 Å². The Kier molecular flexibility index (Phi) is 6.07. The standard InChI is InChI=1S/C25H28N2O4/c1-16(2)31-19-13-11-17(12-14-19)23(28)21-22(20-10-6-7-15-26-20)27(25(30)24(21)29)18-8-4-3-5-9-18/h6-7,10-16,18,22,28H,3-5,8-9H2,1-2H3/b23-21-. The van der Waals surface area contributed by atoms with Crippen LogP contribution in [-0.2, 0) is 9.59 Å². The third kappa shape index (κ3) is 4.20. The monoisotopic (exact) mass is 420 g/mol. The number of aromatic nitrogens is 1. The summed E-state index contributed by atoms with van der Waals surface area (Å²) >= 11 is 0. The van der Waals surface area contributed by atoms with Gasteiger partial charge in [-0.15, -0.1) is 0 Å². The van der Waals surface area contributed by atoms with E-state index in [1.165, 1.54) is 0 Å². The summed E-state index contributed by atoms with van der Waals surface area (Å²) in [6, 6.07) is 11.6. The van der Waals surface area contributed by atoms with E-state index in [9.17, 15) is 14.7 Å². The van der Waals surface area contributed by atoms with Gasteiger partial charge in [0.05, 0.1) is 17.4 Å². The maximum atomic E-state index is 13.1. The number of pyridine rings is 1. The molecule has 1 atom stereocenters. The Morgan fingerprint density at radius 3 is 2.39 bits per heavy atom. The van der Waals surface area contributed by atoms with Gasteiger partial charge in [-0.25, -0.2) is 0 Å². The number of ether oxygens (including phenoxy) is 1. The van der Waals surface area contributed by atoms with Crippen LogP contribution in [0.25, 0.3) is 5.76 Å². The Morgan fingerprint density at radius 2 is 1.77 bits per heavy atom. The smallest absolute Gasteiger partial charge is 0.295 e. The molecule has 1 N–H and O–H groups in total. The summed E-state index contributed by atoms with van der Waals surface area (Å²) in [5.74, 6) is -0.705. The molecule has 1 amide bonds. The number of likely N-dealkylation sites (tertiary alicyclic amines) is 1. The third-order valence-corrected chi connectivity index (χ3v) is 5.92. The van der Waals surface area contributed by atoms with Crippen LogP contribution in [0.3, 0.4) is 0 Å². The zero-order chi connectivity index (χ0) is 22.0. The zero-order valence-electron chi connectivity index (χ0n) is 18.0. The quantitative estimate of drug-likeness (QED) is 0.434. The fraction of sp³-hybridized carbons (Fsp3) is 0.400. The van der Waals surface area contributed by atoms with E-state index in [1.807, 2.05) is 19.9 Å². The summed E-state index contributed by atoms with van der Waals surface area (Å²) in [6.07, 6.45) is 6.59. The molecule has 4 rings (SSSR count). The normalized spacial score (nSPS) is 21.6. The van der Waals surface area contributed by atoms with Crippen molar-refractivity contribution in [1.29, 1.82) is 0 Å². The van der Waals surface area contributed by atoms with Crippen LogP contribution in [0.5, 0.6) is 5.75 Å². The maximum absolute atomic E-state index is 13.1. The van der Waals surface area contributed by atoms with Gasteiger partial charge in [0.25, 0.3) is 11.7 Å². The van der Waals surface area contributed by atoms with E-state index in [1.54, 1.807) is 47.5 Å². The van der Waals surface area contributed by atoms with E-state index in [0.29, 0.717) is 17.0 Å². The van der Waals surface area contributed by atoms with Crippen molar-refractivity contribution in [3.63, 3.8) is 0 Å². The fourth-order valence-corrected chi connectivity index (χ4v) is 4.53. The lowest BCUT2D eigenvalue weighted by atomic mass is 9.92. The summed E-state index contributed by atoms with van der Waals surface area (Å²) in [5.41, 5.74) is 1.17. The van der Waals surface area contributed by atoms with Crippen LogP contribution in [0, 0.1) is 0 Å². The number of hydrogen-bond donors (Lipinski definition) is 1. The molecule has 1 aromatic carbocycles. The second-order valence-electron chi connectivity index (χ2n) is 8.44. The van der Waals surface area contributed by atoms with Crippen molar-refractivity contribution in [2.45, 2.75) is 64.1 Å². The maximum Gasteiger partial charge on any atom is 0.295 e. The molecule has 1 aromatic heterocycles. The first-order chi connectivity index (χ1) is 15.0. The highest BCUT2D eigenvalue weighted by molar-refractivity contribution is 6.46. The Hall–Kier alpha value is -3.15. The molecular formula is C25H28N2O4. The number of hydrogen-bond acceptors (Lipinski definition) is 5. The van der Waals surface area contributed by atoms with E-state index < -0.39 is 17.7 Å². The van der Waals surface area contributed by atoms with Gasteiger partial charge in [0.2, 0.25) is 0 Å². The largest absolute Gasteiger partial charge is 0.507 e. The number of aliphatic hydroxyl groups is 1. The van der Waals surface area contributed by atoms with E-state index in [2.05, 4.69) is 4.98 Å². The summed E-state index contributed by atoms with van der Waals surface area (Å²) in [5, 5.41) is 11.1. The van der Waals surface area contributed by atoms with Crippen LogP contribution < -0.4 is 4.74 Å². The average Bonchev–Trinajstić information content (AvgIpc) is 3.05. The summed E-state index contributed by atoms with van der Waals surface area (Å²) < 4.78 is 5.66. The third-order valence-electron chi connectivity index (χ3n) is 5.92. The first kappa shape index (κ1) is 21.1. The van der Waals surface area contributed by atoms with Crippen molar-refractivity contribution in [2.75, 3.05) is 0 Å². The summed E-state index contributed by atoms with van der Waals surface area (Å²) in [7, 11) is 0. The number of carbonyl (C=O) groups is 2. The SMILES string of the molecule is CC(C)Oc1ccc(/C(O)=C2/C(=O)C(=O)N(C3CCCCC3)C2c2ccccn2)cc1. The molecule has 2 aromatic rings. The molecule has 0 spiro atoms. The molecule has 2 fully saturated rings. The van der Waals surface area contributed by atoms with E-state index in [-0.39, 0.29) is 23.5 Å². The number of nitrogens with zero attached hydrogens (tertiary/aromatic N) is 2. The molecule has 6 nitrogen and oxygen atoms in total. The van der Waals surface area contributed by atoms with E-state index >= 15 is 0 Å². The molecule has 31 heavy (non-hydrogen) atoms. The molecule has 2 heterocycles. The zero-order valence-corrected chi connectivity index (χ0v) is 18.0. The fourth-order valence-electron chi connectivity index (χ4n) is 4.53. The minimum atomic E-state index is -0.684. The lowest BCUT2D eigenvalue weighted by molar-refractivity contribution is -0.141. The first-order valence-corrected chi connectivity index (χ1v) is 11.0. The molecule has 162 valence electrons. The summed E-state index contributed by atoms with van der Waals surface area (Å²) in [4.78, 5) is 32.3. The van der Waals surface area contributed by atoms with Gasteiger partial charge >= 0.3 is 0 Å². The van der Waals surface area contributed by atoms with Crippen LogP contribution in [0.1, 0.15) is 63.3 Å². The number of ketones is 1. The highest BCUT2D eigenvalue weighted by Gasteiger charge is 2.49. The van der Waals surface area contributed by atoms with Crippen molar-refractivity contribution in [2.24, 2.45) is 0 Å². The Labute approximate surface area is 182 Å². The van der Waals surface area contributed by atoms with Crippen molar-refractivity contribution < 1.29 is 19.4 Å². The summed E-state index contributed by atoms with van der Waals surface area (Å²) in [6.45, 7) is 3.88. The molecule has 0 bridgehead atoms. The van der Waals surface area contributed by atoms with Gasteiger partial charge in [0.1, 0.15) is 17.6 Å². The number of benzene rings is 1. The van der Waals surface area contributed by atoms with Crippen LogP contribution in [0.4, 0.5) is 0 Å². The second-order valence-corrected chi connectivity index (χ2v) is 8.44. The topological polar surface area (TPSA) is 79.7 Å². The number of rotatable bonds is 5. The molecule has 1 aliphatic carbocycles. The van der Waals surface area contributed by atoms with Gasteiger partial charge in [-0.1, -0.05) is 25.3 Å². The number of Topliss-reactive ketones (excluding diaryl/α,β-unsaturated/α-hetero) is 1. The van der Waals surface area contributed by atoms with Crippen LogP contribution in [0.2, 0.25) is 0 Å². The first-order valence-electron chi connectivity index (χ1n) is 11.0. The van der Waals surface area contributed by atoms with Crippen molar-refractivity contribution in [3.05, 3.63) is 65.5 Å². The number of aliphatic hydroxyl groups excluding tert-OH is 1. The molecular weight excluding hydrogens is 392 g/mol. The van der Waals surface area contributed by atoms with Crippen molar-refractivity contribution in [1.82, 2.24) is 9.88 Å². The minimum Gasteiger partial charge on any atom is -0.507 e. The molecule has 6 heteroatoms. The predicted molar refractivity (Wildman–Crippen MR) is 117 cm³/mol. The predicted octanol–water partition coefficient (Wildman–Crippen LogP) is 4.62. The van der Waals surface area contributed by atoms with Crippen LogP contribution >= 0.6 is 0 Å². The number of amides is 1. The molecule has 0 radical (unpaired) electrons. The number of carbonyl (C=O) groups excluding carboxylic acids is 2. The van der Waals surface area contributed by atoms with Crippen molar-refractivity contribution >= 4 is 17.4 Å². The Bertz CT molecular complexity index is 976. The Balaban J connectivity index is 1.78. The highest BCUT2D eigenvalue weighted by Crippen LogP contribution is 2.42. The molecule has 2 aliphatic rings. The molecule has 1 saturated carbocycles. The van der Waals surface area contributed by atoms with Gasteiger partial charge in [0.15, 0.2) is 0 Å². The minimum absolute atomic E-state index is 0.0238. The average molecular weight is 421 g/mol. The van der Waals surface area contributed by atoms with Gasteiger partial charge in [-0.05, 0) is 63.1 Å². The molecule has 1 aliphatic heterocycles.